The van der Waals surface area contributed by atoms with Gasteiger partial charge in [-0.3, -0.25) is 9.69 Å². The summed E-state index contributed by atoms with van der Waals surface area (Å²) in [5, 5.41) is 6.63. The van der Waals surface area contributed by atoms with Crippen LogP contribution in [0.2, 0.25) is 0 Å². The molecule has 2 aliphatic heterocycles. The predicted molar refractivity (Wildman–Crippen MR) is 106 cm³/mol. The number of carbonyl (C=O) groups excluding carboxylic acids is 1. The van der Waals surface area contributed by atoms with Gasteiger partial charge >= 0.3 is 0 Å². The minimum atomic E-state index is 0.229. The highest BCUT2D eigenvalue weighted by atomic mass is 16.5. The number of amides is 1. The van der Waals surface area contributed by atoms with Crippen LogP contribution >= 0.6 is 0 Å². The smallest absolute Gasteiger partial charge is 0.223 e. The molecule has 1 aromatic carbocycles. The largest absolute Gasteiger partial charge is 0.373 e. The Morgan fingerprint density at radius 3 is 2.56 bits per heavy atom. The molecule has 3 fully saturated rings. The standard InChI is InChI=1S/C22H33N3O2/c1-16-13-25(14-17(2)27-16)15-19-6-4-3-5-18(19)12-24-21(26)20-11-22(20)7-9-23-10-8-22/h3-6,16-17,20,23H,7-15H2,1-2H3,(H,24,26). The van der Waals surface area contributed by atoms with E-state index in [2.05, 4.69) is 53.6 Å². The van der Waals surface area contributed by atoms with Crippen LogP contribution in [0.1, 0.15) is 44.2 Å². The summed E-state index contributed by atoms with van der Waals surface area (Å²) in [4.78, 5) is 15.1. The monoisotopic (exact) mass is 371 g/mol. The molecule has 1 spiro atoms. The van der Waals surface area contributed by atoms with Gasteiger partial charge in [0.2, 0.25) is 5.91 Å². The minimum Gasteiger partial charge on any atom is -0.373 e. The second kappa shape index (κ2) is 7.90. The highest BCUT2D eigenvalue weighted by Gasteiger charge is 2.57. The van der Waals surface area contributed by atoms with Crippen LogP contribution in [0.15, 0.2) is 24.3 Å². The molecule has 148 valence electrons. The molecule has 27 heavy (non-hydrogen) atoms. The maximum Gasteiger partial charge on any atom is 0.223 e. The maximum absolute atomic E-state index is 12.7. The molecule has 1 aromatic rings. The average molecular weight is 372 g/mol. The zero-order valence-electron chi connectivity index (χ0n) is 16.7. The van der Waals surface area contributed by atoms with Crippen molar-refractivity contribution in [1.29, 1.82) is 0 Å². The second-order valence-electron chi connectivity index (χ2n) is 8.81. The van der Waals surface area contributed by atoms with Crippen molar-refractivity contribution in [3.8, 4) is 0 Å². The van der Waals surface area contributed by atoms with Crippen molar-refractivity contribution in [2.45, 2.75) is 58.4 Å². The van der Waals surface area contributed by atoms with Crippen LogP contribution in [0.25, 0.3) is 0 Å². The van der Waals surface area contributed by atoms with Gasteiger partial charge in [-0.2, -0.15) is 0 Å². The van der Waals surface area contributed by atoms with Crippen molar-refractivity contribution < 1.29 is 9.53 Å². The molecule has 3 aliphatic rings. The summed E-state index contributed by atoms with van der Waals surface area (Å²) in [6.45, 7) is 9.87. The maximum atomic E-state index is 12.7. The Bertz CT molecular complexity index is 661. The van der Waals surface area contributed by atoms with Gasteiger partial charge < -0.3 is 15.4 Å². The molecule has 3 unspecified atom stereocenters. The number of morpholine rings is 1. The first-order valence-electron chi connectivity index (χ1n) is 10.5. The molecule has 4 rings (SSSR count). The Morgan fingerprint density at radius 1 is 1.19 bits per heavy atom. The van der Waals surface area contributed by atoms with Crippen LogP contribution in [0.3, 0.4) is 0 Å². The van der Waals surface area contributed by atoms with Crippen LogP contribution in [-0.4, -0.2) is 49.2 Å². The van der Waals surface area contributed by atoms with Crippen LogP contribution in [0.5, 0.6) is 0 Å². The summed E-state index contributed by atoms with van der Waals surface area (Å²) in [6.07, 6.45) is 3.92. The molecule has 1 aliphatic carbocycles. The van der Waals surface area contributed by atoms with Gasteiger partial charge in [0.15, 0.2) is 0 Å². The second-order valence-corrected chi connectivity index (χ2v) is 8.81. The number of ether oxygens (including phenoxy) is 1. The molecule has 3 atom stereocenters. The summed E-state index contributed by atoms with van der Waals surface area (Å²) in [5.74, 6) is 0.480. The van der Waals surface area contributed by atoms with Gasteiger partial charge in [0.05, 0.1) is 12.2 Å². The van der Waals surface area contributed by atoms with E-state index in [9.17, 15) is 4.79 Å². The summed E-state index contributed by atoms with van der Waals surface area (Å²) in [7, 11) is 0. The third-order valence-electron chi connectivity index (χ3n) is 6.57. The van der Waals surface area contributed by atoms with E-state index in [0.717, 1.165) is 52.0 Å². The van der Waals surface area contributed by atoms with Gasteiger partial charge in [-0.1, -0.05) is 24.3 Å². The van der Waals surface area contributed by atoms with Crippen molar-refractivity contribution in [2.75, 3.05) is 26.2 Å². The van der Waals surface area contributed by atoms with Crippen molar-refractivity contribution >= 4 is 5.91 Å². The van der Waals surface area contributed by atoms with E-state index in [0.29, 0.717) is 12.0 Å². The molecule has 0 bridgehead atoms. The van der Waals surface area contributed by atoms with E-state index in [1.54, 1.807) is 0 Å². The number of benzene rings is 1. The minimum absolute atomic E-state index is 0.229. The Hall–Kier alpha value is -1.43. The summed E-state index contributed by atoms with van der Waals surface area (Å²) >= 11 is 0. The van der Waals surface area contributed by atoms with Gasteiger partial charge in [0.25, 0.3) is 0 Å². The third kappa shape index (κ3) is 4.36. The first-order valence-corrected chi connectivity index (χ1v) is 10.5. The number of rotatable bonds is 5. The first kappa shape index (κ1) is 18.9. The van der Waals surface area contributed by atoms with E-state index in [-0.39, 0.29) is 24.0 Å². The van der Waals surface area contributed by atoms with Crippen molar-refractivity contribution in [3.63, 3.8) is 0 Å². The van der Waals surface area contributed by atoms with Gasteiger partial charge in [-0.25, -0.2) is 0 Å². The highest BCUT2D eigenvalue weighted by Crippen LogP contribution is 2.58. The first-order chi connectivity index (χ1) is 13.1. The van der Waals surface area contributed by atoms with E-state index in [1.807, 2.05) is 0 Å². The lowest BCUT2D eigenvalue weighted by Gasteiger charge is -2.35. The van der Waals surface area contributed by atoms with Gasteiger partial charge in [-0.05, 0) is 62.7 Å². The molecule has 0 radical (unpaired) electrons. The Morgan fingerprint density at radius 2 is 1.85 bits per heavy atom. The molecule has 2 N–H and O–H groups in total. The predicted octanol–water partition coefficient (Wildman–Crippen LogP) is 2.30. The van der Waals surface area contributed by atoms with Crippen molar-refractivity contribution in [1.82, 2.24) is 15.5 Å². The topological polar surface area (TPSA) is 53.6 Å². The van der Waals surface area contributed by atoms with Gasteiger partial charge in [0.1, 0.15) is 0 Å². The van der Waals surface area contributed by atoms with Crippen LogP contribution < -0.4 is 10.6 Å². The number of carbonyl (C=O) groups is 1. The van der Waals surface area contributed by atoms with Crippen molar-refractivity contribution in [2.24, 2.45) is 11.3 Å². The van der Waals surface area contributed by atoms with Gasteiger partial charge in [-0.15, -0.1) is 0 Å². The lowest BCUT2D eigenvalue weighted by molar-refractivity contribution is -0.123. The SMILES string of the molecule is CC1CN(Cc2ccccc2CNC(=O)C2CC23CCNCC3)CC(C)O1. The average Bonchev–Trinajstić information content (AvgIpc) is 3.33. The molecule has 5 nitrogen and oxygen atoms in total. The molecule has 1 saturated carbocycles. The lowest BCUT2D eigenvalue weighted by atomic mass is 9.92. The van der Waals surface area contributed by atoms with E-state index in [4.69, 9.17) is 4.74 Å². The lowest BCUT2D eigenvalue weighted by Crippen LogP contribution is -2.45. The van der Waals surface area contributed by atoms with Crippen LogP contribution in [-0.2, 0) is 22.6 Å². The normalized spacial score (nSPS) is 30.2. The summed E-state index contributed by atoms with van der Waals surface area (Å²) < 4.78 is 5.85. The van der Waals surface area contributed by atoms with Crippen molar-refractivity contribution in [3.05, 3.63) is 35.4 Å². The van der Waals surface area contributed by atoms with Crippen LogP contribution in [0, 0.1) is 11.3 Å². The molecule has 2 heterocycles. The number of piperidine rings is 1. The van der Waals surface area contributed by atoms with Gasteiger partial charge in [0, 0.05) is 32.1 Å². The van der Waals surface area contributed by atoms with E-state index in [1.165, 1.54) is 11.1 Å². The zero-order chi connectivity index (χ0) is 18.9. The fraction of sp³-hybridized carbons (Fsp3) is 0.682. The Balaban J connectivity index is 1.34. The summed E-state index contributed by atoms with van der Waals surface area (Å²) in [6, 6.07) is 8.51. The zero-order valence-corrected chi connectivity index (χ0v) is 16.7. The fourth-order valence-corrected chi connectivity index (χ4v) is 5.04. The molecule has 5 heteroatoms. The molecule has 1 amide bonds. The summed E-state index contributed by atoms with van der Waals surface area (Å²) in [5.41, 5.74) is 2.85. The van der Waals surface area contributed by atoms with E-state index < -0.39 is 0 Å². The highest BCUT2D eigenvalue weighted by molar-refractivity contribution is 5.82. The number of hydrogen-bond acceptors (Lipinski definition) is 4. The molecular formula is C22H33N3O2. The third-order valence-corrected chi connectivity index (χ3v) is 6.57. The number of hydrogen-bond donors (Lipinski definition) is 2. The number of nitrogens with zero attached hydrogens (tertiary/aromatic N) is 1. The molecule has 2 saturated heterocycles. The Labute approximate surface area is 162 Å². The quantitative estimate of drug-likeness (QED) is 0.834. The van der Waals surface area contributed by atoms with E-state index >= 15 is 0 Å². The fourth-order valence-electron chi connectivity index (χ4n) is 5.04. The van der Waals surface area contributed by atoms with Crippen LogP contribution in [0.4, 0.5) is 0 Å². The molecule has 0 aromatic heterocycles. The molecular weight excluding hydrogens is 338 g/mol. The number of nitrogens with one attached hydrogen (secondary N) is 2. The Kier molecular flexibility index (Phi) is 5.53.